The smallest absolute Gasteiger partial charge is 0.231 e. The van der Waals surface area contributed by atoms with Gasteiger partial charge in [-0.3, -0.25) is 0 Å². The molecule has 5 heteroatoms. The van der Waals surface area contributed by atoms with Crippen LogP contribution < -0.4 is 19.5 Å². The van der Waals surface area contributed by atoms with E-state index in [9.17, 15) is 0 Å². The molecule has 0 saturated carbocycles. The molecule has 1 aliphatic rings. The van der Waals surface area contributed by atoms with E-state index in [1.807, 2.05) is 19.2 Å². The summed E-state index contributed by atoms with van der Waals surface area (Å²) in [6, 6.07) is 3.84. The second-order valence-electron chi connectivity index (χ2n) is 4.30. The lowest BCUT2D eigenvalue weighted by molar-refractivity contribution is 0.100. The Morgan fingerprint density at radius 1 is 1.16 bits per heavy atom. The number of ether oxygens (including phenoxy) is 4. The fraction of sp³-hybridized carbons (Fsp3) is 0.571. The second kappa shape index (κ2) is 7.21. The molecule has 0 spiro atoms. The van der Waals surface area contributed by atoms with Crippen molar-refractivity contribution in [3.8, 4) is 17.2 Å². The first kappa shape index (κ1) is 14.0. The maximum absolute atomic E-state index is 5.76. The second-order valence-corrected chi connectivity index (χ2v) is 4.30. The largest absolute Gasteiger partial charge is 0.491 e. The molecule has 106 valence electrons. The lowest BCUT2D eigenvalue weighted by Gasteiger charge is -2.12. The third-order valence-corrected chi connectivity index (χ3v) is 2.76. The van der Waals surface area contributed by atoms with Gasteiger partial charge in [-0.1, -0.05) is 6.92 Å². The van der Waals surface area contributed by atoms with Gasteiger partial charge >= 0.3 is 0 Å². The standard InChI is InChI=1S/C14H21NO4/c1-3-4-16-5-6-17-12-8-14-13(18-10-19-14)7-11(12)9-15-2/h7-8,15H,3-6,9-10H2,1-2H3. The minimum atomic E-state index is 0.275. The minimum absolute atomic E-state index is 0.275. The van der Waals surface area contributed by atoms with Gasteiger partial charge in [-0.05, 0) is 19.5 Å². The van der Waals surface area contributed by atoms with E-state index in [0.717, 1.165) is 42.4 Å². The van der Waals surface area contributed by atoms with E-state index in [0.29, 0.717) is 13.2 Å². The van der Waals surface area contributed by atoms with Gasteiger partial charge in [-0.15, -0.1) is 0 Å². The maximum atomic E-state index is 5.76. The SMILES string of the molecule is CCCOCCOc1cc2c(cc1CNC)OCO2. The summed E-state index contributed by atoms with van der Waals surface area (Å²) in [5.41, 5.74) is 1.06. The summed E-state index contributed by atoms with van der Waals surface area (Å²) >= 11 is 0. The number of benzene rings is 1. The van der Waals surface area contributed by atoms with Gasteiger partial charge in [0.05, 0.1) is 6.61 Å². The molecule has 0 radical (unpaired) electrons. The molecule has 0 fully saturated rings. The lowest BCUT2D eigenvalue weighted by atomic mass is 10.1. The van der Waals surface area contributed by atoms with Gasteiger partial charge in [0.1, 0.15) is 12.4 Å². The zero-order chi connectivity index (χ0) is 13.5. The van der Waals surface area contributed by atoms with Crippen molar-refractivity contribution in [3.05, 3.63) is 17.7 Å². The first-order valence-electron chi connectivity index (χ1n) is 6.62. The summed E-state index contributed by atoms with van der Waals surface area (Å²) in [4.78, 5) is 0. The fourth-order valence-electron chi connectivity index (χ4n) is 1.89. The molecule has 1 aromatic carbocycles. The van der Waals surface area contributed by atoms with Gasteiger partial charge in [-0.25, -0.2) is 0 Å². The molecule has 0 bridgehead atoms. The molecule has 0 amide bonds. The molecule has 1 aliphatic heterocycles. The van der Waals surface area contributed by atoms with Crippen LogP contribution in [-0.4, -0.2) is 33.7 Å². The van der Waals surface area contributed by atoms with Gasteiger partial charge in [0, 0.05) is 24.8 Å². The Morgan fingerprint density at radius 2 is 1.95 bits per heavy atom. The number of hydrogen-bond acceptors (Lipinski definition) is 5. The fourth-order valence-corrected chi connectivity index (χ4v) is 1.89. The van der Waals surface area contributed by atoms with Crippen molar-refractivity contribution in [1.82, 2.24) is 5.32 Å². The summed E-state index contributed by atoms with van der Waals surface area (Å²) in [6.45, 7) is 4.99. The van der Waals surface area contributed by atoms with Crippen LogP contribution in [0.5, 0.6) is 17.2 Å². The third kappa shape index (κ3) is 3.75. The van der Waals surface area contributed by atoms with Crippen molar-refractivity contribution in [2.24, 2.45) is 0 Å². The summed E-state index contributed by atoms with van der Waals surface area (Å²) in [6.07, 6.45) is 1.02. The average Bonchev–Trinajstić information content (AvgIpc) is 2.86. The van der Waals surface area contributed by atoms with E-state index in [1.54, 1.807) is 0 Å². The first-order chi connectivity index (χ1) is 9.35. The molecule has 1 heterocycles. The minimum Gasteiger partial charge on any atom is -0.491 e. The highest BCUT2D eigenvalue weighted by atomic mass is 16.7. The molecule has 0 aliphatic carbocycles. The number of fused-ring (bicyclic) bond motifs is 1. The Kier molecular flexibility index (Phi) is 5.30. The molecular weight excluding hydrogens is 246 g/mol. The van der Waals surface area contributed by atoms with Gasteiger partial charge in [0.2, 0.25) is 6.79 Å². The van der Waals surface area contributed by atoms with Gasteiger partial charge in [0.15, 0.2) is 11.5 Å². The van der Waals surface area contributed by atoms with E-state index >= 15 is 0 Å². The van der Waals surface area contributed by atoms with Gasteiger partial charge in [0.25, 0.3) is 0 Å². The summed E-state index contributed by atoms with van der Waals surface area (Å²) in [7, 11) is 1.90. The molecule has 0 unspecified atom stereocenters. The Balaban J connectivity index is 1.97. The van der Waals surface area contributed by atoms with Crippen molar-refractivity contribution in [1.29, 1.82) is 0 Å². The number of rotatable bonds is 8. The molecular formula is C14H21NO4. The topological polar surface area (TPSA) is 49.0 Å². The van der Waals surface area contributed by atoms with Crippen LogP contribution in [0.4, 0.5) is 0 Å². The summed E-state index contributed by atoms with van der Waals surface area (Å²) in [5, 5.41) is 3.12. The normalized spacial score (nSPS) is 12.7. The predicted molar refractivity (Wildman–Crippen MR) is 71.9 cm³/mol. The van der Waals surface area contributed by atoms with Crippen molar-refractivity contribution in [3.63, 3.8) is 0 Å². The van der Waals surface area contributed by atoms with E-state index in [-0.39, 0.29) is 6.79 Å². The monoisotopic (exact) mass is 267 g/mol. The van der Waals surface area contributed by atoms with E-state index in [2.05, 4.69) is 12.2 Å². The Labute approximate surface area is 113 Å². The molecule has 0 saturated heterocycles. The van der Waals surface area contributed by atoms with Crippen LogP contribution in [0, 0.1) is 0 Å². The predicted octanol–water partition coefficient (Wildman–Crippen LogP) is 1.94. The molecule has 0 aromatic heterocycles. The maximum Gasteiger partial charge on any atom is 0.231 e. The van der Waals surface area contributed by atoms with Crippen molar-refractivity contribution < 1.29 is 18.9 Å². The Bertz CT molecular complexity index is 409. The highest BCUT2D eigenvalue weighted by Gasteiger charge is 2.17. The molecule has 1 aromatic rings. The van der Waals surface area contributed by atoms with Crippen LogP contribution in [0.1, 0.15) is 18.9 Å². The van der Waals surface area contributed by atoms with Crippen LogP contribution in [-0.2, 0) is 11.3 Å². The summed E-state index contributed by atoms with van der Waals surface area (Å²) in [5.74, 6) is 2.34. The zero-order valence-electron chi connectivity index (χ0n) is 11.5. The highest BCUT2D eigenvalue weighted by molar-refractivity contribution is 5.51. The Morgan fingerprint density at radius 3 is 2.68 bits per heavy atom. The Hall–Kier alpha value is -1.46. The van der Waals surface area contributed by atoms with Crippen molar-refractivity contribution >= 4 is 0 Å². The van der Waals surface area contributed by atoms with Gasteiger partial charge in [-0.2, -0.15) is 0 Å². The van der Waals surface area contributed by atoms with E-state index < -0.39 is 0 Å². The van der Waals surface area contributed by atoms with E-state index in [4.69, 9.17) is 18.9 Å². The van der Waals surface area contributed by atoms with E-state index in [1.165, 1.54) is 0 Å². The van der Waals surface area contributed by atoms with Gasteiger partial charge < -0.3 is 24.3 Å². The van der Waals surface area contributed by atoms with Crippen LogP contribution in [0.3, 0.4) is 0 Å². The first-order valence-corrected chi connectivity index (χ1v) is 6.62. The average molecular weight is 267 g/mol. The number of nitrogens with one attached hydrogen (secondary N) is 1. The molecule has 1 N–H and O–H groups in total. The summed E-state index contributed by atoms with van der Waals surface area (Å²) < 4.78 is 21.9. The molecule has 19 heavy (non-hydrogen) atoms. The quantitative estimate of drug-likeness (QED) is 0.729. The molecule has 5 nitrogen and oxygen atoms in total. The highest BCUT2D eigenvalue weighted by Crippen LogP contribution is 2.38. The van der Waals surface area contributed by atoms with Crippen LogP contribution in [0.25, 0.3) is 0 Å². The van der Waals surface area contributed by atoms with Crippen LogP contribution in [0.2, 0.25) is 0 Å². The van der Waals surface area contributed by atoms with Crippen LogP contribution in [0.15, 0.2) is 12.1 Å². The zero-order valence-corrected chi connectivity index (χ0v) is 11.5. The molecule has 2 rings (SSSR count). The van der Waals surface area contributed by atoms with Crippen molar-refractivity contribution in [2.45, 2.75) is 19.9 Å². The van der Waals surface area contributed by atoms with Crippen molar-refractivity contribution in [2.75, 3.05) is 33.7 Å². The van der Waals surface area contributed by atoms with Crippen LogP contribution >= 0.6 is 0 Å². The molecule has 0 atom stereocenters. The number of hydrogen-bond donors (Lipinski definition) is 1. The lowest BCUT2D eigenvalue weighted by Crippen LogP contribution is -2.11. The third-order valence-electron chi connectivity index (χ3n) is 2.76.